The van der Waals surface area contributed by atoms with E-state index in [9.17, 15) is 12.8 Å². The van der Waals surface area contributed by atoms with E-state index in [1.807, 2.05) is 0 Å². The van der Waals surface area contributed by atoms with Crippen LogP contribution in [0, 0.1) is 0 Å². The summed E-state index contributed by atoms with van der Waals surface area (Å²) in [6.07, 6.45) is -0.792. The van der Waals surface area contributed by atoms with E-state index >= 15 is 0 Å². The molecule has 0 aromatic carbocycles. The summed E-state index contributed by atoms with van der Waals surface area (Å²) < 4.78 is 34.3. The molecule has 0 aromatic heterocycles. The van der Waals surface area contributed by atoms with Gasteiger partial charge in [-0.2, -0.15) is 12.7 Å². The van der Waals surface area contributed by atoms with Gasteiger partial charge < -0.3 is 0 Å². The molecule has 60 valence electrons. The summed E-state index contributed by atoms with van der Waals surface area (Å²) in [5.74, 6) is 0. The Hall–Kier alpha value is 0.130. The van der Waals surface area contributed by atoms with Gasteiger partial charge in [-0.3, -0.25) is 0 Å². The van der Waals surface area contributed by atoms with Gasteiger partial charge in [0.1, 0.15) is 6.17 Å². The van der Waals surface area contributed by atoms with Crippen molar-refractivity contribution >= 4 is 19.9 Å². The van der Waals surface area contributed by atoms with Crippen LogP contribution in [-0.4, -0.2) is 32.0 Å². The average Bonchev–Trinajstić information content (AvgIpc) is 2.11. The topological polar surface area (TPSA) is 37.4 Å². The molecule has 0 spiro atoms. The molecular formula is C4H7ClFNO2S. The van der Waals surface area contributed by atoms with Crippen LogP contribution >= 0.6 is 10.7 Å². The van der Waals surface area contributed by atoms with Crippen LogP contribution in [0.2, 0.25) is 0 Å². The molecule has 10 heavy (non-hydrogen) atoms. The minimum Gasteiger partial charge on any atom is -0.246 e. The highest BCUT2D eigenvalue weighted by Crippen LogP contribution is 2.17. The third kappa shape index (κ3) is 1.81. The number of alkyl halides is 1. The maximum Gasteiger partial charge on any atom is 0.299 e. The first-order valence-electron chi connectivity index (χ1n) is 2.84. The second kappa shape index (κ2) is 2.64. The van der Waals surface area contributed by atoms with Crippen LogP contribution in [0.15, 0.2) is 0 Å². The molecule has 0 N–H and O–H groups in total. The van der Waals surface area contributed by atoms with Crippen LogP contribution in [0.25, 0.3) is 0 Å². The van der Waals surface area contributed by atoms with E-state index in [0.717, 1.165) is 4.31 Å². The second-order valence-electron chi connectivity index (χ2n) is 2.19. The zero-order chi connectivity index (χ0) is 7.78. The Balaban J connectivity index is 2.62. The summed E-state index contributed by atoms with van der Waals surface area (Å²) in [6.45, 7) is 0.110. The molecule has 1 aliphatic rings. The average molecular weight is 188 g/mol. The normalized spacial score (nSPS) is 29.2. The van der Waals surface area contributed by atoms with Crippen LogP contribution in [-0.2, 0) is 9.24 Å². The molecule has 0 radical (unpaired) electrons. The first-order valence-corrected chi connectivity index (χ1v) is 5.10. The lowest BCUT2D eigenvalue weighted by molar-refractivity contribution is 0.344. The van der Waals surface area contributed by atoms with Crippen LogP contribution in [0.4, 0.5) is 4.39 Å². The number of hydrogen-bond donors (Lipinski definition) is 0. The van der Waals surface area contributed by atoms with Gasteiger partial charge in [-0.15, -0.1) is 0 Å². The summed E-state index contributed by atoms with van der Waals surface area (Å²) in [6, 6.07) is 0. The Morgan fingerprint density at radius 2 is 2.20 bits per heavy atom. The molecule has 0 bridgehead atoms. The van der Waals surface area contributed by atoms with Gasteiger partial charge >= 0.3 is 0 Å². The van der Waals surface area contributed by atoms with Gasteiger partial charge in [-0.1, -0.05) is 0 Å². The van der Waals surface area contributed by atoms with Crippen molar-refractivity contribution in [2.45, 2.75) is 12.6 Å². The molecule has 6 heteroatoms. The second-order valence-corrected chi connectivity index (χ2v) is 4.70. The number of hydrogen-bond acceptors (Lipinski definition) is 2. The molecule has 1 saturated heterocycles. The maximum atomic E-state index is 12.3. The predicted octanol–water partition coefficient (Wildman–Crippen LogP) is 0.514. The van der Waals surface area contributed by atoms with Crippen molar-refractivity contribution in [3.8, 4) is 0 Å². The third-order valence-corrected chi connectivity index (χ3v) is 2.94. The summed E-state index contributed by atoms with van der Waals surface area (Å²) in [5.41, 5.74) is 0. The first-order chi connectivity index (χ1) is 4.50. The predicted molar refractivity (Wildman–Crippen MR) is 35.9 cm³/mol. The molecule has 1 aliphatic heterocycles. The largest absolute Gasteiger partial charge is 0.299 e. The minimum absolute atomic E-state index is 0.0914. The number of nitrogens with zero attached hydrogens (tertiary/aromatic N) is 1. The molecule has 0 aromatic rings. The number of halogens is 2. The summed E-state index contributed by atoms with van der Waals surface area (Å²) >= 11 is 0. The van der Waals surface area contributed by atoms with Crippen molar-refractivity contribution in [1.29, 1.82) is 0 Å². The highest BCUT2D eigenvalue weighted by Gasteiger charge is 2.29. The Morgan fingerprint density at radius 3 is 2.40 bits per heavy atom. The molecule has 1 fully saturated rings. The van der Waals surface area contributed by atoms with Crippen LogP contribution in [0.3, 0.4) is 0 Å². The Labute approximate surface area is 63.3 Å². The van der Waals surface area contributed by atoms with E-state index in [1.54, 1.807) is 0 Å². The van der Waals surface area contributed by atoms with Gasteiger partial charge in [0, 0.05) is 23.8 Å². The molecule has 0 unspecified atom stereocenters. The lowest BCUT2D eigenvalue weighted by Crippen LogP contribution is -2.24. The van der Waals surface area contributed by atoms with Gasteiger partial charge in [-0.25, -0.2) is 4.39 Å². The summed E-state index contributed by atoms with van der Waals surface area (Å²) in [4.78, 5) is 0. The fourth-order valence-corrected chi connectivity index (χ4v) is 1.93. The van der Waals surface area contributed by atoms with Crippen molar-refractivity contribution in [2.75, 3.05) is 13.1 Å². The van der Waals surface area contributed by atoms with E-state index in [1.165, 1.54) is 0 Å². The lowest BCUT2D eigenvalue weighted by Gasteiger charge is -2.07. The Kier molecular flexibility index (Phi) is 2.17. The SMILES string of the molecule is O=S(=O)(Cl)N1CC[C@@H](F)C1. The zero-order valence-corrected chi connectivity index (χ0v) is 6.70. The summed E-state index contributed by atoms with van der Waals surface area (Å²) in [7, 11) is 1.27. The van der Waals surface area contributed by atoms with Crippen molar-refractivity contribution < 1.29 is 12.8 Å². The van der Waals surface area contributed by atoms with E-state index in [4.69, 9.17) is 10.7 Å². The smallest absolute Gasteiger partial charge is 0.246 e. The zero-order valence-electron chi connectivity index (χ0n) is 5.13. The standard InChI is InChI=1S/C4H7ClFNO2S/c5-10(8,9)7-2-1-4(6)3-7/h4H,1-3H2/t4-/m1/s1. The van der Waals surface area contributed by atoms with Crippen LogP contribution in [0.5, 0.6) is 0 Å². The van der Waals surface area contributed by atoms with Crippen molar-refractivity contribution in [2.24, 2.45) is 0 Å². The van der Waals surface area contributed by atoms with Crippen molar-refractivity contribution in [1.82, 2.24) is 4.31 Å². The highest BCUT2D eigenvalue weighted by molar-refractivity contribution is 8.11. The van der Waals surface area contributed by atoms with Crippen LogP contribution in [0.1, 0.15) is 6.42 Å². The molecule has 0 amide bonds. The van der Waals surface area contributed by atoms with E-state index < -0.39 is 15.4 Å². The molecule has 1 rings (SSSR count). The van der Waals surface area contributed by atoms with Gasteiger partial charge in [0.15, 0.2) is 0 Å². The molecule has 3 nitrogen and oxygen atoms in total. The molecule has 1 atom stereocenters. The molecule has 0 aliphatic carbocycles. The molecule has 0 saturated carbocycles. The molecular weight excluding hydrogens is 181 g/mol. The van der Waals surface area contributed by atoms with E-state index in [2.05, 4.69) is 0 Å². The lowest BCUT2D eigenvalue weighted by atomic mass is 10.4. The summed E-state index contributed by atoms with van der Waals surface area (Å²) in [5, 5.41) is 0. The fraction of sp³-hybridized carbons (Fsp3) is 1.00. The highest BCUT2D eigenvalue weighted by atomic mass is 35.7. The van der Waals surface area contributed by atoms with Gasteiger partial charge in [0.25, 0.3) is 9.24 Å². The first kappa shape index (κ1) is 8.23. The van der Waals surface area contributed by atoms with E-state index in [0.29, 0.717) is 0 Å². The number of rotatable bonds is 1. The van der Waals surface area contributed by atoms with Gasteiger partial charge in [0.2, 0.25) is 0 Å². The fourth-order valence-electron chi connectivity index (χ4n) is 0.886. The molecule has 1 heterocycles. The third-order valence-electron chi connectivity index (χ3n) is 1.40. The Morgan fingerprint density at radius 1 is 1.60 bits per heavy atom. The minimum atomic E-state index is -3.67. The Bertz CT molecular complexity index is 217. The van der Waals surface area contributed by atoms with Crippen LogP contribution < -0.4 is 0 Å². The van der Waals surface area contributed by atoms with Crippen molar-refractivity contribution in [3.05, 3.63) is 0 Å². The van der Waals surface area contributed by atoms with Gasteiger partial charge in [-0.05, 0) is 6.42 Å². The van der Waals surface area contributed by atoms with Crippen molar-refractivity contribution in [3.63, 3.8) is 0 Å². The monoisotopic (exact) mass is 187 g/mol. The van der Waals surface area contributed by atoms with Gasteiger partial charge in [0.05, 0.1) is 0 Å². The quantitative estimate of drug-likeness (QED) is 0.561. The maximum absolute atomic E-state index is 12.3. The van der Waals surface area contributed by atoms with E-state index in [-0.39, 0.29) is 19.5 Å².